The Morgan fingerprint density at radius 1 is 1.13 bits per heavy atom. The summed E-state index contributed by atoms with van der Waals surface area (Å²) >= 11 is 0. The topological polar surface area (TPSA) is 65.4 Å². The molecule has 1 N–H and O–H groups in total. The van der Waals surface area contributed by atoms with Crippen molar-refractivity contribution in [3.05, 3.63) is 82.2 Å². The molecule has 162 valence electrons. The van der Waals surface area contributed by atoms with Crippen LogP contribution in [0.15, 0.2) is 48.5 Å². The second kappa shape index (κ2) is 9.98. The number of nitrogens with one attached hydrogen (secondary N) is 1. The van der Waals surface area contributed by atoms with Crippen LogP contribution in [0.3, 0.4) is 0 Å². The summed E-state index contributed by atoms with van der Waals surface area (Å²) in [4.78, 5) is 12.3. The predicted molar refractivity (Wildman–Crippen MR) is 122 cm³/mol. The van der Waals surface area contributed by atoms with E-state index in [1.54, 1.807) is 13.2 Å². The highest BCUT2D eigenvalue weighted by Gasteiger charge is 2.10. The van der Waals surface area contributed by atoms with Crippen LogP contribution in [0, 0.1) is 20.8 Å². The maximum atomic E-state index is 12.3. The van der Waals surface area contributed by atoms with Crippen molar-refractivity contribution in [2.75, 3.05) is 7.11 Å². The number of aromatic nitrogens is 2. The van der Waals surface area contributed by atoms with E-state index in [2.05, 4.69) is 10.4 Å². The van der Waals surface area contributed by atoms with Crippen LogP contribution in [0.1, 0.15) is 33.6 Å². The number of rotatable bonds is 8. The number of hydrogen-bond donors (Lipinski definition) is 1. The third kappa shape index (κ3) is 5.75. The fraction of sp³-hybridized carbons (Fsp3) is 0.280. The number of hydrogen-bond acceptors (Lipinski definition) is 4. The number of nitrogens with zero attached hydrogens (tertiary/aromatic N) is 2. The highest BCUT2D eigenvalue weighted by atomic mass is 16.5. The Kier molecular flexibility index (Phi) is 7.13. The molecule has 6 heteroatoms. The van der Waals surface area contributed by atoms with Gasteiger partial charge < -0.3 is 14.8 Å². The Balaban J connectivity index is 1.63. The first-order valence-electron chi connectivity index (χ1n) is 10.2. The molecule has 0 saturated carbocycles. The Morgan fingerprint density at radius 3 is 2.52 bits per heavy atom. The number of aryl methyl sites for hydroxylation is 3. The molecule has 2 aromatic carbocycles. The van der Waals surface area contributed by atoms with E-state index in [1.165, 1.54) is 11.6 Å². The van der Waals surface area contributed by atoms with Gasteiger partial charge in [0, 0.05) is 36.5 Å². The van der Waals surface area contributed by atoms with Crippen LogP contribution in [0.25, 0.3) is 6.08 Å². The van der Waals surface area contributed by atoms with E-state index in [9.17, 15) is 4.79 Å². The van der Waals surface area contributed by atoms with Crippen molar-refractivity contribution in [3.63, 3.8) is 0 Å². The first kappa shape index (κ1) is 22.2. The molecule has 3 rings (SSSR count). The Morgan fingerprint density at radius 2 is 1.87 bits per heavy atom. The highest BCUT2D eigenvalue weighted by molar-refractivity contribution is 5.91. The molecule has 1 amide bonds. The first-order chi connectivity index (χ1) is 14.9. The molecule has 0 unspecified atom stereocenters. The summed E-state index contributed by atoms with van der Waals surface area (Å²) in [5, 5.41) is 7.30. The molecule has 0 aliphatic rings. The average molecular weight is 420 g/mol. The zero-order chi connectivity index (χ0) is 22.4. The minimum absolute atomic E-state index is 0.157. The average Bonchev–Trinajstić information content (AvgIpc) is 3.01. The largest absolute Gasteiger partial charge is 0.496 e. The van der Waals surface area contributed by atoms with Crippen molar-refractivity contribution in [2.45, 2.75) is 33.9 Å². The van der Waals surface area contributed by atoms with Gasteiger partial charge in [0.25, 0.3) is 0 Å². The minimum Gasteiger partial charge on any atom is -0.496 e. The molecule has 0 aliphatic heterocycles. The lowest BCUT2D eigenvalue weighted by Crippen LogP contribution is -2.21. The monoisotopic (exact) mass is 419 g/mol. The number of amides is 1. The standard InChI is InChI=1S/C25H29N3O3/c1-17-6-10-22(11-7-17)31-16-21-14-20(8-12-24(21)30-5)9-13-25(29)26-15-23-18(2)27-28(4)19(23)3/h6-14H,15-16H2,1-5H3,(H,26,29)/b13-9+. The number of benzene rings is 2. The maximum Gasteiger partial charge on any atom is 0.244 e. The molecular formula is C25H29N3O3. The van der Waals surface area contributed by atoms with E-state index in [1.807, 2.05) is 75.0 Å². The molecule has 0 saturated heterocycles. The molecule has 0 fully saturated rings. The molecule has 0 aliphatic carbocycles. The van der Waals surface area contributed by atoms with Crippen LogP contribution < -0.4 is 14.8 Å². The van der Waals surface area contributed by atoms with E-state index < -0.39 is 0 Å². The molecule has 0 radical (unpaired) electrons. The summed E-state index contributed by atoms with van der Waals surface area (Å²) in [5.41, 5.74) is 6.01. The van der Waals surface area contributed by atoms with Crippen LogP contribution in [-0.4, -0.2) is 22.8 Å². The van der Waals surface area contributed by atoms with Gasteiger partial charge in [-0.1, -0.05) is 23.8 Å². The lowest BCUT2D eigenvalue weighted by Gasteiger charge is -2.11. The zero-order valence-corrected chi connectivity index (χ0v) is 18.7. The van der Waals surface area contributed by atoms with Crippen LogP contribution in [0.2, 0.25) is 0 Å². The van der Waals surface area contributed by atoms with Crippen molar-refractivity contribution in [1.29, 1.82) is 0 Å². The van der Waals surface area contributed by atoms with Crippen LogP contribution in [0.5, 0.6) is 11.5 Å². The zero-order valence-electron chi connectivity index (χ0n) is 18.7. The number of methoxy groups -OCH3 is 1. The second-order valence-corrected chi connectivity index (χ2v) is 7.50. The van der Waals surface area contributed by atoms with Crippen molar-refractivity contribution >= 4 is 12.0 Å². The SMILES string of the molecule is COc1ccc(/C=C/C(=O)NCc2c(C)nn(C)c2C)cc1COc1ccc(C)cc1. The van der Waals surface area contributed by atoms with Crippen molar-refractivity contribution in [1.82, 2.24) is 15.1 Å². The van der Waals surface area contributed by atoms with Gasteiger partial charge in [0.2, 0.25) is 5.91 Å². The molecular weight excluding hydrogens is 390 g/mol. The van der Waals surface area contributed by atoms with Crippen molar-refractivity contribution in [2.24, 2.45) is 7.05 Å². The maximum absolute atomic E-state index is 12.3. The van der Waals surface area contributed by atoms with E-state index in [-0.39, 0.29) is 5.91 Å². The summed E-state index contributed by atoms with van der Waals surface area (Å²) in [7, 11) is 3.54. The molecule has 31 heavy (non-hydrogen) atoms. The van der Waals surface area contributed by atoms with E-state index in [4.69, 9.17) is 9.47 Å². The summed E-state index contributed by atoms with van der Waals surface area (Å²) in [6, 6.07) is 13.7. The normalized spacial score (nSPS) is 11.0. The van der Waals surface area contributed by atoms with Gasteiger partial charge in [-0.05, 0) is 56.7 Å². The third-order valence-electron chi connectivity index (χ3n) is 5.25. The van der Waals surface area contributed by atoms with Gasteiger partial charge in [-0.3, -0.25) is 9.48 Å². The van der Waals surface area contributed by atoms with Gasteiger partial charge in [-0.15, -0.1) is 0 Å². The van der Waals surface area contributed by atoms with Crippen molar-refractivity contribution in [3.8, 4) is 11.5 Å². The lowest BCUT2D eigenvalue weighted by molar-refractivity contribution is -0.116. The summed E-state index contributed by atoms with van der Waals surface area (Å²) in [6.07, 6.45) is 3.32. The van der Waals surface area contributed by atoms with Crippen LogP contribution in [-0.2, 0) is 25.0 Å². The molecule has 0 bridgehead atoms. The Labute approximate surface area is 183 Å². The predicted octanol–water partition coefficient (Wildman–Crippen LogP) is 4.26. The van der Waals surface area contributed by atoms with Gasteiger partial charge in [0.15, 0.2) is 0 Å². The Bertz CT molecular complexity index is 1080. The van der Waals surface area contributed by atoms with Gasteiger partial charge in [0.1, 0.15) is 18.1 Å². The second-order valence-electron chi connectivity index (χ2n) is 7.50. The fourth-order valence-corrected chi connectivity index (χ4v) is 3.29. The molecule has 1 heterocycles. The molecule has 0 spiro atoms. The number of carbonyl (C=O) groups is 1. The minimum atomic E-state index is -0.157. The van der Waals surface area contributed by atoms with Gasteiger partial charge >= 0.3 is 0 Å². The van der Waals surface area contributed by atoms with E-state index in [0.717, 1.165) is 39.6 Å². The molecule has 3 aromatic rings. The quantitative estimate of drug-likeness (QED) is 0.554. The summed E-state index contributed by atoms with van der Waals surface area (Å²) in [6.45, 7) is 6.81. The summed E-state index contributed by atoms with van der Waals surface area (Å²) < 4.78 is 13.2. The van der Waals surface area contributed by atoms with Crippen LogP contribution in [0.4, 0.5) is 0 Å². The molecule has 0 atom stereocenters. The van der Waals surface area contributed by atoms with Crippen LogP contribution >= 0.6 is 0 Å². The number of ether oxygens (including phenoxy) is 2. The molecule has 1 aromatic heterocycles. The van der Waals surface area contributed by atoms with Gasteiger partial charge in [0.05, 0.1) is 12.8 Å². The lowest BCUT2D eigenvalue weighted by atomic mass is 10.1. The summed E-state index contributed by atoms with van der Waals surface area (Å²) in [5.74, 6) is 1.39. The highest BCUT2D eigenvalue weighted by Crippen LogP contribution is 2.23. The first-order valence-corrected chi connectivity index (χ1v) is 10.2. The number of carbonyl (C=O) groups excluding carboxylic acids is 1. The smallest absolute Gasteiger partial charge is 0.244 e. The van der Waals surface area contributed by atoms with E-state index >= 15 is 0 Å². The van der Waals surface area contributed by atoms with Gasteiger partial charge in [-0.25, -0.2) is 0 Å². The fourth-order valence-electron chi connectivity index (χ4n) is 3.29. The third-order valence-corrected chi connectivity index (χ3v) is 5.25. The van der Waals surface area contributed by atoms with E-state index in [0.29, 0.717) is 13.2 Å². The Hall–Kier alpha value is -3.54. The van der Waals surface area contributed by atoms with Gasteiger partial charge in [-0.2, -0.15) is 5.10 Å². The van der Waals surface area contributed by atoms with Crippen molar-refractivity contribution < 1.29 is 14.3 Å². The molecule has 6 nitrogen and oxygen atoms in total.